The number of benzene rings is 1. The Bertz CT molecular complexity index is 443. The Kier molecular flexibility index (Phi) is 5.11. The van der Waals surface area contributed by atoms with Crippen LogP contribution in [0.3, 0.4) is 0 Å². The van der Waals surface area contributed by atoms with Gasteiger partial charge in [0.15, 0.2) is 6.61 Å². The fraction of sp³-hybridized carbons (Fsp3) is 0.273. The summed E-state index contributed by atoms with van der Waals surface area (Å²) in [6.45, 7) is 0.173. The molecule has 1 aromatic rings. The number of hydrogen-bond donors (Lipinski definition) is 2. The summed E-state index contributed by atoms with van der Waals surface area (Å²) in [5.74, 6) is 0.111. The molecule has 5 nitrogen and oxygen atoms in total. The van der Waals surface area contributed by atoms with E-state index in [0.717, 1.165) is 0 Å². The van der Waals surface area contributed by atoms with Crippen molar-refractivity contribution in [3.63, 3.8) is 0 Å². The number of ether oxygens (including phenoxy) is 1. The van der Waals surface area contributed by atoms with Crippen LogP contribution in [0, 0.1) is 11.3 Å². The number of rotatable bonds is 5. The first-order valence-corrected chi connectivity index (χ1v) is 5.32. The van der Waals surface area contributed by atoms with Crippen LogP contribution in [0.1, 0.15) is 6.42 Å². The lowest BCUT2D eigenvalue weighted by Crippen LogP contribution is -2.29. The molecule has 0 unspecified atom stereocenters. The molecule has 0 heterocycles. The number of nitrogens with zero attached hydrogens (tertiary/aromatic N) is 1. The van der Waals surface area contributed by atoms with Crippen molar-refractivity contribution in [3.05, 3.63) is 23.2 Å². The number of nitriles is 1. The van der Waals surface area contributed by atoms with Crippen LogP contribution in [-0.2, 0) is 4.79 Å². The van der Waals surface area contributed by atoms with Gasteiger partial charge >= 0.3 is 0 Å². The number of carbonyl (C=O) groups is 1. The molecule has 6 heteroatoms. The summed E-state index contributed by atoms with van der Waals surface area (Å²) in [6, 6.07) is 6.69. The molecule has 0 bridgehead atoms. The Morgan fingerprint density at radius 2 is 2.35 bits per heavy atom. The quantitative estimate of drug-likeness (QED) is 0.612. The molecule has 0 radical (unpaired) electrons. The van der Waals surface area contributed by atoms with E-state index in [9.17, 15) is 4.79 Å². The van der Waals surface area contributed by atoms with Crippen molar-refractivity contribution in [2.75, 3.05) is 18.9 Å². The van der Waals surface area contributed by atoms with Gasteiger partial charge in [-0.1, -0.05) is 11.6 Å². The average molecular weight is 254 g/mol. The van der Waals surface area contributed by atoms with Gasteiger partial charge in [0.25, 0.3) is 5.91 Å². The van der Waals surface area contributed by atoms with Gasteiger partial charge in [-0.3, -0.25) is 4.79 Å². The minimum atomic E-state index is -0.297. The lowest BCUT2D eigenvalue weighted by Gasteiger charge is -2.08. The second kappa shape index (κ2) is 6.61. The first-order valence-electron chi connectivity index (χ1n) is 4.95. The van der Waals surface area contributed by atoms with E-state index in [4.69, 9.17) is 27.3 Å². The molecule has 1 rings (SSSR count). The molecule has 90 valence electrons. The van der Waals surface area contributed by atoms with Gasteiger partial charge in [0.1, 0.15) is 5.75 Å². The van der Waals surface area contributed by atoms with Crippen LogP contribution in [0.2, 0.25) is 5.02 Å². The lowest BCUT2D eigenvalue weighted by molar-refractivity contribution is -0.123. The minimum absolute atomic E-state index is 0.142. The van der Waals surface area contributed by atoms with Gasteiger partial charge in [0.2, 0.25) is 0 Å². The van der Waals surface area contributed by atoms with Crippen LogP contribution in [-0.4, -0.2) is 19.1 Å². The number of halogens is 1. The molecule has 0 atom stereocenters. The third-order valence-electron chi connectivity index (χ3n) is 1.89. The summed E-state index contributed by atoms with van der Waals surface area (Å²) in [5, 5.41) is 11.3. The third-order valence-corrected chi connectivity index (χ3v) is 2.12. The molecule has 0 aromatic heterocycles. The molecule has 0 spiro atoms. The number of nitrogen functional groups attached to an aromatic ring is 1. The standard InChI is InChI=1S/C11H12ClN3O2/c12-8-2-3-10(9(14)6-8)17-7-11(16)15-5-1-4-13/h2-3,6H,1,5,7,14H2,(H,15,16). The van der Waals surface area contributed by atoms with Crippen LogP contribution in [0.5, 0.6) is 5.75 Å². The van der Waals surface area contributed by atoms with E-state index in [1.54, 1.807) is 18.2 Å². The predicted molar refractivity (Wildman–Crippen MR) is 64.6 cm³/mol. The van der Waals surface area contributed by atoms with Crippen LogP contribution in [0.25, 0.3) is 0 Å². The topological polar surface area (TPSA) is 88.1 Å². The van der Waals surface area contributed by atoms with Gasteiger partial charge in [0, 0.05) is 11.6 Å². The molecule has 0 aliphatic carbocycles. The summed E-state index contributed by atoms with van der Waals surface area (Å²) in [7, 11) is 0. The van der Waals surface area contributed by atoms with Crippen LogP contribution >= 0.6 is 11.6 Å². The van der Waals surface area contributed by atoms with Crippen molar-refractivity contribution in [1.29, 1.82) is 5.26 Å². The number of anilines is 1. The Hall–Kier alpha value is -1.93. The highest BCUT2D eigenvalue weighted by molar-refractivity contribution is 6.30. The highest BCUT2D eigenvalue weighted by Gasteiger charge is 2.05. The Morgan fingerprint density at radius 1 is 1.59 bits per heavy atom. The molecule has 0 saturated carbocycles. The molecular weight excluding hydrogens is 242 g/mol. The average Bonchev–Trinajstić information content (AvgIpc) is 2.28. The van der Waals surface area contributed by atoms with Crippen molar-refractivity contribution in [2.24, 2.45) is 0 Å². The SMILES string of the molecule is N#CCCNC(=O)COc1ccc(Cl)cc1N. The van der Waals surface area contributed by atoms with E-state index in [0.29, 0.717) is 23.0 Å². The molecule has 0 saturated heterocycles. The normalized spacial score (nSPS) is 9.41. The van der Waals surface area contributed by atoms with Crippen LogP contribution in [0.15, 0.2) is 18.2 Å². The minimum Gasteiger partial charge on any atom is -0.482 e. The Labute approximate surface area is 104 Å². The summed E-state index contributed by atoms with van der Waals surface area (Å²) in [4.78, 5) is 11.3. The lowest BCUT2D eigenvalue weighted by atomic mass is 10.3. The molecule has 3 N–H and O–H groups in total. The molecule has 17 heavy (non-hydrogen) atoms. The van der Waals surface area contributed by atoms with Gasteiger partial charge < -0.3 is 15.8 Å². The van der Waals surface area contributed by atoms with Crippen molar-refractivity contribution >= 4 is 23.2 Å². The van der Waals surface area contributed by atoms with Crippen LogP contribution < -0.4 is 15.8 Å². The molecule has 0 aliphatic rings. The number of nitrogens with two attached hydrogens (primary N) is 1. The largest absolute Gasteiger partial charge is 0.482 e. The van der Waals surface area contributed by atoms with Gasteiger partial charge in [0.05, 0.1) is 18.2 Å². The first kappa shape index (κ1) is 13.1. The van der Waals surface area contributed by atoms with E-state index in [-0.39, 0.29) is 18.9 Å². The maximum absolute atomic E-state index is 11.3. The zero-order chi connectivity index (χ0) is 12.7. The first-order chi connectivity index (χ1) is 8.13. The summed E-state index contributed by atoms with van der Waals surface area (Å²) in [5.41, 5.74) is 6.02. The maximum atomic E-state index is 11.3. The molecule has 1 aromatic carbocycles. The maximum Gasteiger partial charge on any atom is 0.257 e. The smallest absolute Gasteiger partial charge is 0.257 e. The zero-order valence-corrected chi connectivity index (χ0v) is 9.83. The van der Waals surface area contributed by atoms with E-state index in [1.807, 2.05) is 6.07 Å². The van der Waals surface area contributed by atoms with E-state index in [1.165, 1.54) is 0 Å². The molecule has 0 fully saturated rings. The highest BCUT2D eigenvalue weighted by Crippen LogP contribution is 2.24. The van der Waals surface area contributed by atoms with Crippen molar-refractivity contribution in [3.8, 4) is 11.8 Å². The monoisotopic (exact) mass is 253 g/mol. The van der Waals surface area contributed by atoms with E-state index < -0.39 is 0 Å². The highest BCUT2D eigenvalue weighted by atomic mass is 35.5. The Balaban J connectivity index is 2.40. The van der Waals surface area contributed by atoms with Gasteiger partial charge in [-0.15, -0.1) is 0 Å². The number of nitrogens with one attached hydrogen (secondary N) is 1. The molecular formula is C11H12ClN3O2. The van der Waals surface area contributed by atoms with Crippen molar-refractivity contribution in [1.82, 2.24) is 5.32 Å². The van der Waals surface area contributed by atoms with Crippen molar-refractivity contribution in [2.45, 2.75) is 6.42 Å². The third kappa shape index (κ3) is 4.62. The van der Waals surface area contributed by atoms with E-state index in [2.05, 4.69) is 5.32 Å². The number of hydrogen-bond acceptors (Lipinski definition) is 4. The fourth-order valence-corrected chi connectivity index (χ4v) is 1.28. The molecule has 1 amide bonds. The second-order valence-electron chi connectivity index (χ2n) is 3.23. The van der Waals surface area contributed by atoms with Gasteiger partial charge in [-0.05, 0) is 18.2 Å². The zero-order valence-electron chi connectivity index (χ0n) is 9.07. The number of amides is 1. The second-order valence-corrected chi connectivity index (χ2v) is 3.67. The van der Waals surface area contributed by atoms with Crippen LogP contribution in [0.4, 0.5) is 5.69 Å². The van der Waals surface area contributed by atoms with Gasteiger partial charge in [-0.2, -0.15) is 5.26 Å². The Morgan fingerprint density at radius 3 is 3.00 bits per heavy atom. The summed E-state index contributed by atoms with van der Waals surface area (Å²) in [6.07, 6.45) is 0.273. The van der Waals surface area contributed by atoms with Gasteiger partial charge in [-0.25, -0.2) is 0 Å². The van der Waals surface area contributed by atoms with E-state index >= 15 is 0 Å². The molecule has 0 aliphatic heterocycles. The van der Waals surface area contributed by atoms with Crippen molar-refractivity contribution < 1.29 is 9.53 Å². The fourth-order valence-electron chi connectivity index (χ4n) is 1.10. The summed E-state index contributed by atoms with van der Waals surface area (Å²) < 4.78 is 5.21. The summed E-state index contributed by atoms with van der Waals surface area (Å²) >= 11 is 5.72. The number of carbonyl (C=O) groups excluding carboxylic acids is 1. The predicted octanol–water partition coefficient (Wildman–Crippen LogP) is 1.33.